The van der Waals surface area contributed by atoms with Gasteiger partial charge in [-0.2, -0.15) is 0 Å². The highest BCUT2D eigenvalue weighted by Gasteiger charge is 2.34. The van der Waals surface area contributed by atoms with Crippen LogP contribution in [0.25, 0.3) is 10.9 Å². The van der Waals surface area contributed by atoms with Crippen LogP contribution in [0.1, 0.15) is 28.4 Å². The Kier molecular flexibility index (Phi) is 4.04. The van der Waals surface area contributed by atoms with Crippen LogP contribution in [0.3, 0.4) is 0 Å². The SMILES string of the molecule is Cc1ccc2[nH]c3c(c2c1)CCN(C(=O)CBr)C3c1cccc(O)c1. The van der Waals surface area contributed by atoms with Gasteiger partial charge in [0.15, 0.2) is 0 Å². The third-order valence-electron chi connectivity index (χ3n) is 4.90. The molecule has 1 unspecified atom stereocenters. The van der Waals surface area contributed by atoms with E-state index in [0.717, 1.165) is 23.2 Å². The molecule has 0 radical (unpaired) electrons. The predicted molar refractivity (Wildman–Crippen MR) is 102 cm³/mol. The van der Waals surface area contributed by atoms with Crippen molar-refractivity contribution in [2.45, 2.75) is 19.4 Å². The number of aromatic amines is 1. The van der Waals surface area contributed by atoms with Crippen LogP contribution < -0.4 is 0 Å². The molecule has 5 heteroatoms. The second kappa shape index (κ2) is 6.23. The zero-order valence-corrected chi connectivity index (χ0v) is 15.5. The zero-order valence-electron chi connectivity index (χ0n) is 13.9. The van der Waals surface area contributed by atoms with Gasteiger partial charge in [-0.25, -0.2) is 0 Å². The molecule has 25 heavy (non-hydrogen) atoms. The van der Waals surface area contributed by atoms with Crippen LogP contribution in [0.15, 0.2) is 42.5 Å². The molecule has 0 aliphatic carbocycles. The third kappa shape index (κ3) is 2.72. The number of halogens is 1. The molecule has 3 aromatic rings. The van der Waals surface area contributed by atoms with E-state index in [4.69, 9.17) is 0 Å². The predicted octanol–water partition coefficient (Wildman–Crippen LogP) is 4.05. The van der Waals surface area contributed by atoms with E-state index >= 15 is 0 Å². The van der Waals surface area contributed by atoms with E-state index in [1.807, 2.05) is 17.0 Å². The van der Waals surface area contributed by atoms with Crippen LogP contribution in [-0.2, 0) is 11.2 Å². The first-order valence-electron chi connectivity index (χ1n) is 8.34. The lowest BCUT2D eigenvalue weighted by Gasteiger charge is -2.36. The topological polar surface area (TPSA) is 56.3 Å². The zero-order chi connectivity index (χ0) is 17.6. The average Bonchev–Trinajstić information content (AvgIpc) is 2.98. The van der Waals surface area contributed by atoms with Gasteiger partial charge in [0.2, 0.25) is 5.91 Å². The molecule has 0 fully saturated rings. The summed E-state index contributed by atoms with van der Waals surface area (Å²) in [4.78, 5) is 17.9. The number of aromatic nitrogens is 1. The number of phenolic OH excluding ortho intramolecular Hbond substituents is 1. The number of amides is 1. The van der Waals surface area contributed by atoms with Crippen molar-refractivity contribution in [1.29, 1.82) is 0 Å². The summed E-state index contributed by atoms with van der Waals surface area (Å²) in [5, 5.41) is 11.4. The van der Waals surface area contributed by atoms with Crippen molar-refractivity contribution < 1.29 is 9.90 Å². The maximum atomic E-state index is 12.5. The Morgan fingerprint density at radius 2 is 2.16 bits per heavy atom. The molecule has 1 atom stereocenters. The van der Waals surface area contributed by atoms with Crippen molar-refractivity contribution in [2.24, 2.45) is 0 Å². The highest BCUT2D eigenvalue weighted by Crippen LogP contribution is 2.39. The molecule has 2 aromatic carbocycles. The molecular weight excluding hydrogens is 380 g/mol. The van der Waals surface area contributed by atoms with Gasteiger partial charge in [-0.05, 0) is 48.7 Å². The van der Waals surface area contributed by atoms with Gasteiger partial charge in [0, 0.05) is 23.1 Å². The summed E-state index contributed by atoms with van der Waals surface area (Å²) < 4.78 is 0. The van der Waals surface area contributed by atoms with Gasteiger partial charge in [0.05, 0.1) is 11.4 Å². The molecule has 0 saturated carbocycles. The number of H-pyrrole nitrogens is 1. The lowest BCUT2D eigenvalue weighted by Crippen LogP contribution is -2.41. The first-order chi connectivity index (χ1) is 12.1. The number of carbonyl (C=O) groups is 1. The molecule has 2 N–H and O–H groups in total. The second-order valence-corrected chi connectivity index (χ2v) is 7.10. The van der Waals surface area contributed by atoms with Gasteiger partial charge in [-0.15, -0.1) is 0 Å². The van der Waals surface area contributed by atoms with Gasteiger partial charge < -0.3 is 15.0 Å². The van der Waals surface area contributed by atoms with Gasteiger partial charge in [0.25, 0.3) is 0 Å². The molecule has 0 bridgehead atoms. The maximum Gasteiger partial charge on any atom is 0.234 e. The van der Waals surface area contributed by atoms with E-state index in [1.54, 1.807) is 12.1 Å². The smallest absolute Gasteiger partial charge is 0.234 e. The second-order valence-electron chi connectivity index (χ2n) is 6.53. The van der Waals surface area contributed by atoms with E-state index in [9.17, 15) is 9.90 Å². The Morgan fingerprint density at radius 1 is 1.32 bits per heavy atom. The minimum atomic E-state index is -0.214. The first kappa shape index (κ1) is 16.2. The van der Waals surface area contributed by atoms with Gasteiger partial charge in [-0.3, -0.25) is 4.79 Å². The number of rotatable bonds is 2. The Morgan fingerprint density at radius 3 is 2.92 bits per heavy atom. The number of alkyl halides is 1. The van der Waals surface area contributed by atoms with Crippen LogP contribution in [0.4, 0.5) is 0 Å². The average molecular weight is 399 g/mol. The fraction of sp³-hybridized carbons (Fsp3) is 0.250. The maximum absolute atomic E-state index is 12.5. The van der Waals surface area contributed by atoms with E-state index in [-0.39, 0.29) is 23.0 Å². The van der Waals surface area contributed by atoms with Crippen LogP contribution in [0.5, 0.6) is 5.75 Å². The fourth-order valence-corrected chi connectivity index (χ4v) is 4.11. The lowest BCUT2D eigenvalue weighted by molar-refractivity contribution is -0.130. The Labute approximate surface area is 154 Å². The van der Waals surface area contributed by atoms with E-state index in [2.05, 4.69) is 46.0 Å². The molecule has 0 saturated heterocycles. The van der Waals surface area contributed by atoms with Crippen molar-refractivity contribution in [3.8, 4) is 5.75 Å². The molecule has 128 valence electrons. The monoisotopic (exact) mass is 398 g/mol. The summed E-state index contributed by atoms with van der Waals surface area (Å²) in [5.74, 6) is 0.261. The van der Waals surface area contributed by atoms with Crippen molar-refractivity contribution in [3.63, 3.8) is 0 Å². The third-order valence-corrected chi connectivity index (χ3v) is 5.38. The first-order valence-corrected chi connectivity index (χ1v) is 9.46. The number of nitrogens with zero attached hydrogens (tertiary/aromatic N) is 1. The van der Waals surface area contributed by atoms with E-state index in [0.29, 0.717) is 6.54 Å². The quantitative estimate of drug-likeness (QED) is 0.639. The number of benzene rings is 2. The van der Waals surface area contributed by atoms with Crippen LogP contribution in [0.2, 0.25) is 0 Å². The molecule has 4 nitrogen and oxygen atoms in total. The summed E-state index contributed by atoms with van der Waals surface area (Å²) in [6.07, 6.45) is 0.826. The molecule has 1 aliphatic rings. The Hall–Kier alpha value is -2.27. The normalized spacial score (nSPS) is 16.9. The van der Waals surface area contributed by atoms with Crippen LogP contribution in [-0.4, -0.2) is 32.8 Å². The summed E-state index contributed by atoms with van der Waals surface area (Å²) in [5.41, 5.74) is 5.55. The summed E-state index contributed by atoms with van der Waals surface area (Å²) in [6.45, 7) is 2.76. The van der Waals surface area contributed by atoms with Crippen molar-refractivity contribution in [2.75, 3.05) is 11.9 Å². The number of carbonyl (C=O) groups excluding carboxylic acids is 1. The molecule has 1 aliphatic heterocycles. The number of aryl methyl sites for hydroxylation is 1. The number of phenols is 1. The standard InChI is InChI=1S/C20H19BrN2O2/c1-12-5-6-17-16(9-12)15-7-8-23(18(25)11-21)20(19(15)22-17)13-3-2-4-14(24)10-13/h2-6,9-10,20,22,24H,7-8,11H2,1H3. The molecule has 4 rings (SSSR count). The van der Waals surface area contributed by atoms with Gasteiger partial charge >= 0.3 is 0 Å². The molecular formula is C20H19BrN2O2. The van der Waals surface area contributed by atoms with Gasteiger partial charge in [-0.1, -0.05) is 39.7 Å². The van der Waals surface area contributed by atoms with Crippen molar-refractivity contribution >= 4 is 32.7 Å². The van der Waals surface area contributed by atoms with Crippen LogP contribution >= 0.6 is 15.9 Å². The highest BCUT2D eigenvalue weighted by atomic mass is 79.9. The minimum Gasteiger partial charge on any atom is -0.508 e. The molecule has 1 aromatic heterocycles. The minimum absolute atomic E-state index is 0.0498. The Balaban J connectivity index is 1.93. The van der Waals surface area contributed by atoms with Crippen molar-refractivity contribution in [1.82, 2.24) is 9.88 Å². The van der Waals surface area contributed by atoms with Gasteiger partial charge in [0.1, 0.15) is 5.75 Å². The lowest BCUT2D eigenvalue weighted by atomic mass is 9.92. The van der Waals surface area contributed by atoms with E-state index < -0.39 is 0 Å². The Bertz CT molecular complexity index is 963. The number of hydrogen-bond donors (Lipinski definition) is 2. The molecule has 0 spiro atoms. The van der Waals surface area contributed by atoms with E-state index in [1.165, 1.54) is 16.5 Å². The number of nitrogens with one attached hydrogen (secondary N) is 1. The summed E-state index contributed by atoms with van der Waals surface area (Å²) >= 11 is 3.30. The number of fused-ring (bicyclic) bond motifs is 3. The van der Waals surface area contributed by atoms with Crippen LogP contribution in [0, 0.1) is 6.92 Å². The highest BCUT2D eigenvalue weighted by molar-refractivity contribution is 9.09. The number of aromatic hydroxyl groups is 1. The summed E-state index contributed by atoms with van der Waals surface area (Å²) in [7, 11) is 0. The fourth-order valence-electron chi connectivity index (χ4n) is 3.79. The summed E-state index contributed by atoms with van der Waals surface area (Å²) in [6, 6.07) is 13.4. The molecule has 1 amide bonds. The van der Waals surface area contributed by atoms with Crippen molar-refractivity contribution in [3.05, 3.63) is 64.8 Å². The molecule has 2 heterocycles. The number of hydrogen-bond acceptors (Lipinski definition) is 2. The largest absolute Gasteiger partial charge is 0.508 e.